The predicted molar refractivity (Wildman–Crippen MR) is 70.2 cm³/mol. The third-order valence-corrected chi connectivity index (χ3v) is 4.12. The lowest BCUT2D eigenvalue weighted by Gasteiger charge is -2.30. The van der Waals surface area contributed by atoms with E-state index in [-0.39, 0.29) is 6.61 Å². The van der Waals surface area contributed by atoms with Gasteiger partial charge in [-0.25, -0.2) is 0 Å². The first-order valence-corrected chi connectivity index (χ1v) is 8.18. The summed E-state index contributed by atoms with van der Waals surface area (Å²) in [7, 11) is -3.33. The highest BCUT2D eigenvalue weighted by Gasteiger charge is 2.16. The quantitative estimate of drug-likeness (QED) is 0.779. The van der Waals surface area contributed by atoms with Crippen LogP contribution in [0.2, 0.25) is 0 Å². The van der Waals surface area contributed by atoms with Crippen LogP contribution in [-0.2, 0) is 14.3 Å². The molecular weight excluding hydrogens is 258 g/mol. The first-order valence-electron chi connectivity index (χ1n) is 5.37. The van der Waals surface area contributed by atoms with E-state index in [4.69, 9.17) is 4.18 Å². The lowest BCUT2D eigenvalue weighted by atomic mass is 10.3. The van der Waals surface area contributed by atoms with Crippen LogP contribution in [0.25, 0.3) is 0 Å². The van der Waals surface area contributed by atoms with Crippen molar-refractivity contribution in [1.82, 2.24) is 0 Å². The number of nitrogens with zero attached hydrogens (tertiary/aromatic N) is 1. The van der Waals surface area contributed by atoms with Crippen LogP contribution in [0.3, 0.4) is 0 Å². The molecule has 1 aromatic rings. The second-order valence-electron chi connectivity index (χ2n) is 3.83. The topological polar surface area (TPSA) is 46.6 Å². The Hall–Kier alpha value is -0.720. The zero-order chi connectivity index (χ0) is 12.3. The van der Waals surface area contributed by atoms with Gasteiger partial charge in [-0.2, -0.15) is 8.42 Å². The number of fused-ring (bicyclic) bond motifs is 1. The highest BCUT2D eigenvalue weighted by molar-refractivity contribution is 7.99. The zero-order valence-electron chi connectivity index (χ0n) is 9.63. The van der Waals surface area contributed by atoms with Crippen molar-refractivity contribution in [2.75, 3.05) is 36.6 Å². The number of hydrogen-bond acceptors (Lipinski definition) is 5. The van der Waals surface area contributed by atoms with E-state index < -0.39 is 10.1 Å². The van der Waals surface area contributed by atoms with Gasteiger partial charge in [-0.3, -0.25) is 4.18 Å². The molecule has 6 heteroatoms. The summed E-state index contributed by atoms with van der Waals surface area (Å²) in [5.41, 5.74) is 1.17. The molecule has 0 N–H and O–H groups in total. The fraction of sp³-hybridized carbons (Fsp3) is 0.455. The van der Waals surface area contributed by atoms with Gasteiger partial charge in [0.25, 0.3) is 10.1 Å². The Labute approximate surface area is 106 Å². The maximum Gasteiger partial charge on any atom is 0.264 e. The summed E-state index contributed by atoms with van der Waals surface area (Å²) in [4.78, 5) is 3.41. The monoisotopic (exact) mass is 273 g/mol. The molecule has 0 saturated carbocycles. The van der Waals surface area contributed by atoms with Crippen LogP contribution in [-0.4, -0.2) is 40.1 Å². The largest absolute Gasteiger partial charge is 0.367 e. The van der Waals surface area contributed by atoms with Gasteiger partial charge < -0.3 is 4.90 Å². The maximum atomic E-state index is 10.9. The van der Waals surface area contributed by atoms with Gasteiger partial charge in [-0.15, -0.1) is 11.8 Å². The van der Waals surface area contributed by atoms with E-state index in [9.17, 15) is 8.42 Å². The molecule has 17 heavy (non-hydrogen) atoms. The van der Waals surface area contributed by atoms with Gasteiger partial charge in [-0.1, -0.05) is 12.1 Å². The summed E-state index contributed by atoms with van der Waals surface area (Å²) >= 11 is 1.83. The average molecular weight is 273 g/mol. The number of thioether (sulfide) groups is 1. The number of para-hydroxylation sites is 1. The van der Waals surface area contributed by atoms with E-state index in [0.717, 1.165) is 18.6 Å². The molecule has 0 unspecified atom stereocenters. The molecule has 0 saturated heterocycles. The molecular formula is C11H15NO3S2. The molecule has 94 valence electrons. The molecule has 1 aliphatic heterocycles. The van der Waals surface area contributed by atoms with Crippen molar-refractivity contribution >= 4 is 27.6 Å². The molecule has 0 atom stereocenters. The van der Waals surface area contributed by atoms with Crippen LogP contribution >= 0.6 is 11.8 Å². The standard InChI is InChI=1S/C11H15NO3S2/c1-17(13,14)15-8-6-12-7-9-16-11-5-3-2-4-10(11)12/h2-5H,6-9H2,1H3. The van der Waals surface area contributed by atoms with Crippen molar-refractivity contribution in [2.45, 2.75) is 4.90 Å². The molecule has 0 radical (unpaired) electrons. The van der Waals surface area contributed by atoms with Gasteiger partial charge >= 0.3 is 0 Å². The van der Waals surface area contributed by atoms with Crippen LogP contribution in [0.15, 0.2) is 29.2 Å². The molecule has 1 aliphatic rings. The van der Waals surface area contributed by atoms with Crippen molar-refractivity contribution in [1.29, 1.82) is 0 Å². The summed E-state index contributed by atoms with van der Waals surface area (Å²) in [5.74, 6) is 1.02. The van der Waals surface area contributed by atoms with E-state index in [1.807, 2.05) is 23.9 Å². The van der Waals surface area contributed by atoms with Gasteiger partial charge in [0.1, 0.15) is 0 Å². The first kappa shape index (κ1) is 12.7. The van der Waals surface area contributed by atoms with Crippen LogP contribution in [0.1, 0.15) is 0 Å². The third kappa shape index (κ3) is 3.62. The lowest BCUT2D eigenvalue weighted by molar-refractivity contribution is 0.327. The van der Waals surface area contributed by atoms with Crippen molar-refractivity contribution in [3.05, 3.63) is 24.3 Å². The Balaban J connectivity index is 1.99. The molecule has 0 spiro atoms. The summed E-state index contributed by atoms with van der Waals surface area (Å²) in [6.07, 6.45) is 1.08. The summed E-state index contributed by atoms with van der Waals surface area (Å²) in [6, 6.07) is 8.16. The van der Waals surface area contributed by atoms with Crippen LogP contribution in [0.4, 0.5) is 5.69 Å². The molecule has 0 amide bonds. The second-order valence-corrected chi connectivity index (χ2v) is 6.61. The van der Waals surface area contributed by atoms with Crippen LogP contribution < -0.4 is 4.90 Å². The minimum Gasteiger partial charge on any atom is -0.367 e. The van der Waals surface area contributed by atoms with E-state index in [2.05, 4.69) is 17.0 Å². The van der Waals surface area contributed by atoms with Gasteiger partial charge in [0.2, 0.25) is 0 Å². The SMILES string of the molecule is CS(=O)(=O)OCCN1CCSc2ccccc21. The summed E-state index contributed by atoms with van der Waals surface area (Å²) in [6.45, 7) is 1.73. The van der Waals surface area contributed by atoms with Crippen LogP contribution in [0.5, 0.6) is 0 Å². The fourth-order valence-corrected chi connectivity index (χ4v) is 3.19. The molecule has 1 aromatic carbocycles. The molecule has 1 heterocycles. The Morgan fingerprint density at radius 2 is 2.18 bits per heavy atom. The average Bonchev–Trinajstić information content (AvgIpc) is 2.28. The van der Waals surface area contributed by atoms with E-state index in [1.54, 1.807) is 0 Å². The number of rotatable bonds is 4. The lowest BCUT2D eigenvalue weighted by Crippen LogP contribution is -2.32. The first-order chi connectivity index (χ1) is 8.06. The van der Waals surface area contributed by atoms with E-state index in [0.29, 0.717) is 6.54 Å². The number of anilines is 1. The van der Waals surface area contributed by atoms with Gasteiger partial charge in [-0.05, 0) is 12.1 Å². The zero-order valence-corrected chi connectivity index (χ0v) is 11.3. The number of benzene rings is 1. The smallest absolute Gasteiger partial charge is 0.264 e. The molecule has 0 aromatic heterocycles. The minimum absolute atomic E-state index is 0.206. The molecule has 0 bridgehead atoms. The maximum absolute atomic E-state index is 10.9. The Morgan fingerprint density at radius 3 is 2.94 bits per heavy atom. The minimum atomic E-state index is -3.33. The summed E-state index contributed by atoms with van der Waals surface area (Å²) < 4.78 is 26.5. The Kier molecular flexibility index (Phi) is 3.96. The molecule has 4 nitrogen and oxygen atoms in total. The van der Waals surface area contributed by atoms with Crippen molar-refractivity contribution in [3.8, 4) is 0 Å². The highest BCUT2D eigenvalue weighted by atomic mass is 32.2. The van der Waals surface area contributed by atoms with Crippen molar-refractivity contribution in [2.24, 2.45) is 0 Å². The number of hydrogen-bond donors (Lipinski definition) is 0. The Morgan fingerprint density at radius 1 is 1.41 bits per heavy atom. The second kappa shape index (κ2) is 5.29. The molecule has 0 aliphatic carbocycles. The van der Waals surface area contributed by atoms with Crippen LogP contribution in [0, 0.1) is 0 Å². The van der Waals surface area contributed by atoms with Crippen molar-refractivity contribution in [3.63, 3.8) is 0 Å². The van der Waals surface area contributed by atoms with E-state index >= 15 is 0 Å². The van der Waals surface area contributed by atoms with Gasteiger partial charge in [0.15, 0.2) is 0 Å². The Bertz CT molecular complexity index is 487. The van der Waals surface area contributed by atoms with E-state index in [1.165, 1.54) is 10.6 Å². The molecule has 0 fully saturated rings. The highest BCUT2D eigenvalue weighted by Crippen LogP contribution is 2.33. The molecule has 2 rings (SSSR count). The predicted octanol–water partition coefficient (Wildman–Crippen LogP) is 1.57. The summed E-state index contributed by atoms with van der Waals surface area (Å²) in [5, 5.41) is 0. The fourth-order valence-electron chi connectivity index (χ4n) is 1.76. The van der Waals surface area contributed by atoms with Gasteiger partial charge in [0.05, 0.1) is 18.6 Å². The normalized spacial score (nSPS) is 15.7. The van der Waals surface area contributed by atoms with Gasteiger partial charge in [0, 0.05) is 23.7 Å². The third-order valence-electron chi connectivity index (χ3n) is 2.48. The van der Waals surface area contributed by atoms with Crippen molar-refractivity contribution < 1.29 is 12.6 Å².